The van der Waals surface area contributed by atoms with Crippen molar-refractivity contribution in [2.45, 2.75) is 32.0 Å². The molecule has 2 aromatic heterocycles. The molecule has 0 fully saturated rings. The number of pyridine rings is 1. The molecule has 9 heteroatoms. The molecule has 2 rings (SSSR count). The standard InChI is InChI=1S/C13H14F3N5O/c14-13(15,16)8-21-12(19-11(20-21)6-10(17)22)4-3-9-2-1-5-18-7-9/h1-2,5,7H,3-4,6,8H2,(H2,17,22). The molecule has 0 aliphatic heterocycles. The van der Waals surface area contributed by atoms with Crippen molar-refractivity contribution in [2.24, 2.45) is 5.73 Å². The SMILES string of the molecule is NC(=O)Cc1nc(CCc2cccnc2)n(CC(F)(F)F)n1. The second-order valence-corrected chi connectivity index (χ2v) is 4.72. The predicted octanol–water partition coefficient (Wildman–Crippen LogP) is 1.05. The Kier molecular flexibility index (Phi) is 4.74. The van der Waals surface area contributed by atoms with Gasteiger partial charge in [-0.3, -0.25) is 9.78 Å². The first-order valence-electron chi connectivity index (χ1n) is 6.50. The first kappa shape index (κ1) is 15.9. The molecular formula is C13H14F3N5O. The minimum atomic E-state index is -4.42. The normalized spacial score (nSPS) is 11.6. The maximum atomic E-state index is 12.6. The van der Waals surface area contributed by atoms with Crippen LogP contribution in [0.25, 0.3) is 0 Å². The van der Waals surface area contributed by atoms with Crippen LogP contribution in [0.2, 0.25) is 0 Å². The molecule has 2 heterocycles. The third kappa shape index (κ3) is 4.83. The van der Waals surface area contributed by atoms with E-state index >= 15 is 0 Å². The highest BCUT2D eigenvalue weighted by molar-refractivity contribution is 5.75. The number of aromatic nitrogens is 4. The summed E-state index contributed by atoms with van der Waals surface area (Å²) >= 11 is 0. The van der Waals surface area contributed by atoms with Gasteiger partial charge in [-0.15, -0.1) is 0 Å². The van der Waals surface area contributed by atoms with Gasteiger partial charge in [0.15, 0.2) is 5.82 Å². The molecule has 2 N–H and O–H groups in total. The summed E-state index contributed by atoms with van der Waals surface area (Å²) in [5.74, 6) is -0.529. The minimum Gasteiger partial charge on any atom is -0.369 e. The number of hydrogen-bond donors (Lipinski definition) is 1. The van der Waals surface area contributed by atoms with E-state index in [0.717, 1.165) is 10.2 Å². The molecule has 118 valence electrons. The summed E-state index contributed by atoms with van der Waals surface area (Å²) < 4.78 is 38.5. The Bertz CT molecular complexity index is 639. The molecule has 0 spiro atoms. The summed E-state index contributed by atoms with van der Waals surface area (Å²) in [6.07, 6.45) is -0.727. The van der Waals surface area contributed by atoms with Crippen molar-refractivity contribution in [1.29, 1.82) is 0 Å². The van der Waals surface area contributed by atoms with Gasteiger partial charge in [0.05, 0.1) is 6.42 Å². The molecular weight excluding hydrogens is 299 g/mol. The van der Waals surface area contributed by atoms with Gasteiger partial charge in [-0.05, 0) is 18.1 Å². The van der Waals surface area contributed by atoms with E-state index in [1.165, 1.54) is 0 Å². The quantitative estimate of drug-likeness (QED) is 0.863. The van der Waals surface area contributed by atoms with Gasteiger partial charge >= 0.3 is 6.18 Å². The molecule has 6 nitrogen and oxygen atoms in total. The number of carbonyl (C=O) groups excluding carboxylic acids is 1. The van der Waals surface area contributed by atoms with Crippen LogP contribution in [0.5, 0.6) is 0 Å². The summed E-state index contributed by atoms with van der Waals surface area (Å²) in [4.78, 5) is 18.8. The van der Waals surface area contributed by atoms with Crippen LogP contribution >= 0.6 is 0 Å². The van der Waals surface area contributed by atoms with Gasteiger partial charge in [0.1, 0.15) is 12.4 Å². The average Bonchev–Trinajstić information content (AvgIpc) is 2.76. The third-order valence-electron chi connectivity index (χ3n) is 2.81. The van der Waals surface area contributed by atoms with E-state index in [4.69, 9.17) is 5.73 Å². The number of carbonyl (C=O) groups is 1. The Labute approximate surface area is 124 Å². The maximum Gasteiger partial charge on any atom is 0.408 e. The highest BCUT2D eigenvalue weighted by atomic mass is 19.4. The van der Waals surface area contributed by atoms with Crippen LogP contribution in [0.3, 0.4) is 0 Å². The molecule has 0 saturated heterocycles. The topological polar surface area (TPSA) is 86.7 Å². The second kappa shape index (κ2) is 6.54. The Hall–Kier alpha value is -2.45. The van der Waals surface area contributed by atoms with E-state index in [2.05, 4.69) is 15.1 Å². The van der Waals surface area contributed by atoms with E-state index in [0.29, 0.717) is 6.42 Å². The fourth-order valence-corrected chi connectivity index (χ4v) is 1.94. The van der Waals surface area contributed by atoms with E-state index in [-0.39, 0.29) is 24.5 Å². The fraction of sp³-hybridized carbons (Fsp3) is 0.385. The maximum absolute atomic E-state index is 12.6. The van der Waals surface area contributed by atoms with Gasteiger partial charge in [-0.2, -0.15) is 18.3 Å². The molecule has 0 saturated carbocycles. The highest BCUT2D eigenvalue weighted by Gasteiger charge is 2.30. The molecule has 0 aliphatic carbocycles. The lowest BCUT2D eigenvalue weighted by Gasteiger charge is -2.08. The average molecular weight is 313 g/mol. The fourth-order valence-electron chi connectivity index (χ4n) is 1.94. The second-order valence-electron chi connectivity index (χ2n) is 4.72. The van der Waals surface area contributed by atoms with Gasteiger partial charge in [-0.25, -0.2) is 9.67 Å². The monoisotopic (exact) mass is 313 g/mol. The molecule has 0 radical (unpaired) electrons. The largest absolute Gasteiger partial charge is 0.408 e. The van der Waals surface area contributed by atoms with Gasteiger partial charge in [0, 0.05) is 18.8 Å². The lowest BCUT2D eigenvalue weighted by molar-refractivity contribution is -0.143. The van der Waals surface area contributed by atoms with Crippen LogP contribution in [0, 0.1) is 0 Å². The molecule has 0 bridgehead atoms. The lowest BCUT2D eigenvalue weighted by atomic mass is 10.1. The van der Waals surface area contributed by atoms with E-state index in [9.17, 15) is 18.0 Å². The van der Waals surface area contributed by atoms with Crippen molar-refractivity contribution in [1.82, 2.24) is 19.7 Å². The zero-order valence-corrected chi connectivity index (χ0v) is 11.5. The van der Waals surface area contributed by atoms with E-state index in [1.54, 1.807) is 18.5 Å². The molecule has 0 atom stereocenters. The first-order valence-corrected chi connectivity index (χ1v) is 6.50. The van der Waals surface area contributed by atoms with Crippen LogP contribution < -0.4 is 5.73 Å². The number of halogens is 3. The Balaban J connectivity index is 2.16. The first-order chi connectivity index (χ1) is 10.3. The summed E-state index contributed by atoms with van der Waals surface area (Å²) in [5.41, 5.74) is 5.89. The van der Waals surface area contributed by atoms with E-state index in [1.807, 2.05) is 6.07 Å². The van der Waals surface area contributed by atoms with Crippen molar-refractivity contribution >= 4 is 5.91 Å². The number of hydrogen-bond acceptors (Lipinski definition) is 4. The predicted molar refractivity (Wildman–Crippen MR) is 70.6 cm³/mol. The Morgan fingerprint density at radius 3 is 2.68 bits per heavy atom. The highest BCUT2D eigenvalue weighted by Crippen LogP contribution is 2.18. The summed E-state index contributed by atoms with van der Waals surface area (Å²) in [6.45, 7) is -1.25. The van der Waals surface area contributed by atoms with Crippen molar-refractivity contribution in [3.8, 4) is 0 Å². The number of rotatable bonds is 6. The Morgan fingerprint density at radius 2 is 2.09 bits per heavy atom. The number of alkyl halides is 3. The van der Waals surface area contributed by atoms with Gasteiger partial charge in [-0.1, -0.05) is 6.07 Å². The van der Waals surface area contributed by atoms with Crippen molar-refractivity contribution in [2.75, 3.05) is 0 Å². The van der Waals surface area contributed by atoms with Crippen LogP contribution in [-0.2, 0) is 30.6 Å². The zero-order valence-electron chi connectivity index (χ0n) is 11.5. The molecule has 0 aliphatic rings. The number of amides is 1. The number of nitrogens with two attached hydrogens (primary N) is 1. The van der Waals surface area contributed by atoms with Crippen LogP contribution in [0.1, 0.15) is 17.2 Å². The number of nitrogens with zero attached hydrogens (tertiary/aromatic N) is 4. The lowest BCUT2D eigenvalue weighted by Crippen LogP contribution is -2.21. The van der Waals surface area contributed by atoms with Crippen LogP contribution in [0.15, 0.2) is 24.5 Å². The molecule has 22 heavy (non-hydrogen) atoms. The summed E-state index contributed by atoms with van der Waals surface area (Å²) in [7, 11) is 0. The minimum absolute atomic E-state index is 0.00191. The van der Waals surface area contributed by atoms with Gasteiger partial charge in [0.2, 0.25) is 5.91 Å². The smallest absolute Gasteiger partial charge is 0.369 e. The van der Waals surface area contributed by atoms with E-state index < -0.39 is 18.6 Å². The summed E-state index contributed by atoms with van der Waals surface area (Å²) in [6, 6.07) is 3.57. The van der Waals surface area contributed by atoms with Crippen LogP contribution in [0.4, 0.5) is 13.2 Å². The third-order valence-corrected chi connectivity index (χ3v) is 2.81. The number of primary amides is 1. The van der Waals surface area contributed by atoms with Crippen LogP contribution in [-0.4, -0.2) is 31.8 Å². The zero-order chi connectivity index (χ0) is 16.2. The molecule has 2 aromatic rings. The van der Waals surface area contributed by atoms with Gasteiger partial charge in [0.25, 0.3) is 0 Å². The van der Waals surface area contributed by atoms with Crippen molar-refractivity contribution in [3.05, 3.63) is 41.7 Å². The van der Waals surface area contributed by atoms with Crippen molar-refractivity contribution < 1.29 is 18.0 Å². The Morgan fingerprint density at radius 1 is 1.32 bits per heavy atom. The molecule has 1 amide bonds. The molecule has 0 aromatic carbocycles. The number of aryl methyl sites for hydroxylation is 2. The van der Waals surface area contributed by atoms with Gasteiger partial charge < -0.3 is 5.73 Å². The summed E-state index contributed by atoms with van der Waals surface area (Å²) in [5, 5.41) is 3.72. The van der Waals surface area contributed by atoms with Crippen molar-refractivity contribution in [3.63, 3.8) is 0 Å². The molecule has 0 unspecified atom stereocenters.